The molecule has 0 radical (unpaired) electrons. The number of ether oxygens (including phenoxy) is 1. The van der Waals surface area contributed by atoms with Gasteiger partial charge in [-0.25, -0.2) is 0 Å². The first-order valence-electron chi connectivity index (χ1n) is 10.5. The van der Waals surface area contributed by atoms with Gasteiger partial charge in [-0.15, -0.1) is 0 Å². The molecule has 0 spiro atoms. The molecule has 0 amide bonds. The van der Waals surface area contributed by atoms with Gasteiger partial charge in [0.05, 0.1) is 11.6 Å². The first-order valence-corrected chi connectivity index (χ1v) is 10.5. The van der Waals surface area contributed by atoms with Crippen LogP contribution in [0.2, 0.25) is 0 Å². The minimum Gasteiger partial charge on any atom is -0.381 e. The van der Waals surface area contributed by atoms with Gasteiger partial charge in [-0.1, -0.05) is 18.2 Å². The number of nitrogens with zero attached hydrogens (tertiary/aromatic N) is 3. The van der Waals surface area contributed by atoms with Crippen molar-refractivity contribution < 1.29 is 9.53 Å². The van der Waals surface area contributed by atoms with E-state index in [1.807, 2.05) is 42.5 Å². The lowest BCUT2D eigenvalue weighted by Gasteiger charge is -2.45. The molecule has 29 heavy (non-hydrogen) atoms. The first-order chi connectivity index (χ1) is 14.2. The standard InChI is InChI=1S/C24H27N3O2/c25-17-19-4-6-20(7-5-19)18-27-13-8-21(9-14-27)24(10-15-29-16-11-24)23(28)22-3-1-2-12-26-22/h1-7,12,21H,8-11,13-16,18H2. The fourth-order valence-electron chi connectivity index (χ4n) is 4.90. The Kier molecular flexibility index (Phi) is 6.03. The van der Waals surface area contributed by atoms with Crippen LogP contribution in [0.1, 0.15) is 47.3 Å². The first kappa shape index (κ1) is 19.8. The molecule has 4 rings (SSSR count). The van der Waals surface area contributed by atoms with Gasteiger partial charge in [0, 0.05) is 31.4 Å². The van der Waals surface area contributed by atoms with Crippen LogP contribution < -0.4 is 0 Å². The van der Waals surface area contributed by atoms with Crippen LogP contribution in [0.3, 0.4) is 0 Å². The summed E-state index contributed by atoms with van der Waals surface area (Å²) in [7, 11) is 0. The van der Waals surface area contributed by atoms with Crippen LogP contribution in [0.5, 0.6) is 0 Å². The van der Waals surface area contributed by atoms with Gasteiger partial charge in [0.1, 0.15) is 5.69 Å². The van der Waals surface area contributed by atoms with E-state index < -0.39 is 0 Å². The van der Waals surface area contributed by atoms with Crippen LogP contribution >= 0.6 is 0 Å². The van der Waals surface area contributed by atoms with E-state index in [1.165, 1.54) is 5.56 Å². The van der Waals surface area contributed by atoms with Crippen molar-refractivity contribution in [3.8, 4) is 6.07 Å². The number of aromatic nitrogens is 1. The van der Waals surface area contributed by atoms with Crippen molar-refractivity contribution in [3.63, 3.8) is 0 Å². The van der Waals surface area contributed by atoms with E-state index >= 15 is 0 Å². The highest BCUT2D eigenvalue weighted by molar-refractivity contribution is 5.99. The highest BCUT2D eigenvalue weighted by atomic mass is 16.5. The maximum Gasteiger partial charge on any atom is 0.187 e. The Morgan fingerprint density at radius 1 is 1.14 bits per heavy atom. The number of pyridine rings is 1. The molecule has 5 nitrogen and oxygen atoms in total. The molecular weight excluding hydrogens is 362 g/mol. The topological polar surface area (TPSA) is 66.2 Å². The second-order valence-electron chi connectivity index (χ2n) is 8.17. The second kappa shape index (κ2) is 8.86. The van der Waals surface area contributed by atoms with Gasteiger partial charge in [-0.05, 0) is 74.5 Å². The summed E-state index contributed by atoms with van der Waals surface area (Å²) in [5, 5.41) is 8.95. The molecule has 150 valence electrons. The van der Waals surface area contributed by atoms with Crippen molar-refractivity contribution in [2.45, 2.75) is 32.2 Å². The zero-order valence-electron chi connectivity index (χ0n) is 16.7. The molecule has 0 bridgehead atoms. The average molecular weight is 389 g/mol. The number of hydrogen-bond donors (Lipinski definition) is 0. The van der Waals surface area contributed by atoms with Crippen LogP contribution in [-0.2, 0) is 11.3 Å². The Hall–Kier alpha value is -2.55. The number of benzene rings is 1. The molecule has 0 N–H and O–H groups in total. The lowest BCUT2D eigenvalue weighted by Crippen LogP contribution is -2.48. The van der Waals surface area contributed by atoms with Gasteiger partial charge in [0.15, 0.2) is 5.78 Å². The van der Waals surface area contributed by atoms with E-state index in [0.717, 1.165) is 45.3 Å². The van der Waals surface area contributed by atoms with Gasteiger partial charge >= 0.3 is 0 Å². The monoisotopic (exact) mass is 389 g/mol. The van der Waals surface area contributed by atoms with Crippen molar-refractivity contribution in [1.29, 1.82) is 5.26 Å². The average Bonchev–Trinajstić information content (AvgIpc) is 2.80. The van der Waals surface area contributed by atoms with Crippen molar-refractivity contribution in [3.05, 3.63) is 65.5 Å². The highest BCUT2D eigenvalue weighted by Gasteiger charge is 2.47. The molecule has 1 aromatic carbocycles. The number of Topliss-reactive ketones (excluding diaryl/α,β-unsaturated/α-hetero) is 1. The third-order valence-electron chi connectivity index (χ3n) is 6.59. The zero-order valence-corrected chi connectivity index (χ0v) is 16.7. The van der Waals surface area contributed by atoms with E-state index in [4.69, 9.17) is 10.00 Å². The number of carbonyl (C=O) groups is 1. The summed E-state index contributed by atoms with van der Waals surface area (Å²) in [5.41, 5.74) is 2.18. The summed E-state index contributed by atoms with van der Waals surface area (Å²) in [6, 6.07) is 15.6. The summed E-state index contributed by atoms with van der Waals surface area (Å²) in [4.78, 5) is 20.3. The Labute approximate surface area is 172 Å². The summed E-state index contributed by atoms with van der Waals surface area (Å²) < 4.78 is 5.61. The molecule has 0 aliphatic carbocycles. The molecular formula is C24H27N3O2. The molecule has 0 saturated carbocycles. The minimum atomic E-state index is -0.340. The predicted molar refractivity (Wildman–Crippen MR) is 110 cm³/mol. The SMILES string of the molecule is N#Cc1ccc(CN2CCC(C3(C(=O)c4ccccn4)CCOCC3)CC2)cc1. The molecule has 2 fully saturated rings. The van der Waals surface area contributed by atoms with Gasteiger partial charge in [0.25, 0.3) is 0 Å². The highest BCUT2D eigenvalue weighted by Crippen LogP contribution is 2.45. The summed E-state index contributed by atoms with van der Waals surface area (Å²) >= 11 is 0. The molecule has 3 heterocycles. The van der Waals surface area contributed by atoms with Gasteiger partial charge in [0.2, 0.25) is 0 Å². The number of rotatable bonds is 5. The number of piperidine rings is 1. The second-order valence-corrected chi connectivity index (χ2v) is 8.17. The fourth-order valence-corrected chi connectivity index (χ4v) is 4.90. The van der Waals surface area contributed by atoms with Gasteiger partial charge in [-0.2, -0.15) is 5.26 Å². The van der Waals surface area contributed by atoms with E-state index in [0.29, 0.717) is 30.4 Å². The maximum atomic E-state index is 13.5. The fraction of sp³-hybridized carbons (Fsp3) is 0.458. The van der Waals surface area contributed by atoms with Gasteiger partial charge < -0.3 is 4.74 Å². The maximum absolute atomic E-state index is 13.5. The molecule has 5 heteroatoms. The third-order valence-corrected chi connectivity index (χ3v) is 6.59. The Bertz CT molecular complexity index is 859. The van der Waals surface area contributed by atoms with E-state index in [9.17, 15) is 4.79 Å². The molecule has 2 aliphatic heterocycles. The number of hydrogen-bond acceptors (Lipinski definition) is 5. The van der Waals surface area contributed by atoms with Crippen molar-refractivity contribution in [2.24, 2.45) is 11.3 Å². The molecule has 2 aliphatic rings. The Morgan fingerprint density at radius 2 is 1.86 bits per heavy atom. The van der Waals surface area contributed by atoms with Crippen molar-refractivity contribution in [1.82, 2.24) is 9.88 Å². The van der Waals surface area contributed by atoms with Crippen LogP contribution in [0.4, 0.5) is 0 Å². The number of nitriles is 1. The summed E-state index contributed by atoms with van der Waals surface area (Å²) in [6.07, 6.45) is 5.34. The number of ketones is 1. The Morgan fingerprint density at radius 3 is 2.48 bits per heavy atom. The molecule has 2 saturated heterocycles. The smallest absolute Gasteiger partial charge is 0.187 e. The largest absolute Gasteiger partial charge is 0.381 e. The van der Waals surface area contributed by atoms with E-state index in [1.54, 1.807) is 6.20 Å². The molecule has 1 aromatic heterocycles. The Balaban J connectivity index is 1.44. The number of likely N-dealkylation sites (tertiary alicyclic amines) is 1. The number of carbonyl (C=O) groups excluding carboxylic acids is 1. The molecule has 0 unspecified atom stereocenters. The van der Waals surface area contributed by atoms with Crippen molar-refractivity contribution >= 4 is 5.78 Å². The van der Waals surface area contributed by atoms with Crippen LogP contribution in [0.25, 0.3) is 0 Å². The van der Waals surface area contributed by atoms with Crippen LogP contribution in [-0.4, -0.2) is 42.0 Å². The summed E-state index contributed by atoms with van der Waals surface area (Å²) in [5.74, 6) is 0.574. The normalized spacial score (nSPS) is 20.1. The molecule has 2 aromatic rings. The van der Waals surface area contributed by atoms with Gasteiger partial charge in [-0.3, -0.25) is 14.7 Å². The third kappa shape index (κ3) is 4.24. The van der Waals surface area contributed by atoms with E-state index in [2.05, 4.69) is 16.0 Å². The molecule has 0 atom stereocenters. The lowest BCUT2D eigenvalue weighted by molar-refractivity contribution is -0.0229. The summed E-state index contributed by atoms with van der Waals surface area (Å²) in [6.45, 7) is 4.18. The lowest BCUT2D eigenvalue weighted by atomic mass is 9.63. The quantitative estimate of drug-likeness (QED) is 0.727. The van der Waals surface area contributed by atoms with Crippen LogP contribution in [0.15, 0.2) is 48.7 Å². The van der Waals surface area contributed by atoms with E-state index in [-0.39, 0.29) is 11.2 Å². The zero-order chi connectivity index (χ0) is 20.1. The predicted octanol–water partition coefficient (Wildman–Crippen LogP) is 3.84. The minimum absolute atomic E-state index is 0.201. The van der Waals surface area contributed by atoms with Crippen molar-refractivity contribution in [2.75, 3.05) is 26.3 Å². The van der Waals surface area contributed by atoms with Crippen LogP contribution in [0, 0.1) is 22.7 Å².